The molecule has 0 unspecified atom stereocenters. The summed E-state index contributed by atoms with van der Waals surface area (Å²) in [4.78, 5) is 13.3. The second-order valence-electron chi connectivity index (χ2n) is 4.74. The van der Waals surface area contributed by atoms with Gasteiger partial charge in [-0.25, -0.2) is 0 Å². The van der Waals surface area contributed by atoms with Crippen LogP contribution in [0.25, 0.3) is 0 Å². The topological polar surface area (TPSA) is 55.1 Å². The van der Waals surface area contributed by atoms with Gasteiger partial charge < -0.3 is 11.1 Å². The molecule has 1 aromatic heterocycles. The number of aryl methyl sites for hydroxylation is 2. The van der Waals surface area contributed by atoms with Gasteiger partial charge in [0.25, 0.3) is 5.91 Å². The Bertz CT molecular complexity index is 637. The predicted octanol–water partition coefficient (Wildman–Crippen LogP) is 3.57. The van der Waals surface area contributed by atoms with Crippen LogP contribution in [0.4, 0.5) is 5.69 Å². The number of carbonyl (C=O) groups is 1. The molecular weight excluding hydrogens is 292 g/mol. The van der Waals surface area contributed by atoms with Crippen LogP contribution in [0.5, 0.6) is 0 Å². The Morgan fingerprint density at radius 1 is 1.30 bits per heavy atom. The minimum atomic E-state index is -0.0862. The lowest BCUT2D eigenvalue weighted by molar-refractivity contribution is 0.0953. The maximum absolute atomic E-state index is 12.1. The molecule has 20 heavy (non-hydrogen) atoms. The molecule has 0 saturated heterocycles. The third-order valence-corrected chi connectivity index (χ3v) is 4.43. The zero-order chi connectivity index (χ0) is 14.7. The number of nitrogen functional groups attached to an aromatic ring is 1. The number of nitrogens with one attached hydrogen (secondary N) is 1. The van der Waals surface area contributed by atoms with Crippen molar-refractivity contribution >= 4 is 34.5 Å². The van der Waals surface area contributed by atoms with E-state index in [1.165, 1.54) is 11.3 Å². The van der Waals surface area contributed by atoms with E-state index < -0.39 is 0 Å². The maximum Gasteiger partial charge on any atom is 0.251 e. The number of benzene rings is 1. The molecule has 106 valence electrons. The molecule has 3 N–H and O–H groups in total. The van der Waals surface area contributed by atoms with Crippen molar-refractivity contribution < 1.29 is 4.79 Å². The second-order valence-corrected chi connectivity index (χ2v) is 6.54. The van der Waals surface area contributed by atoms with E-state index in [0.717, 1.165) is 26.8 Å². The molecule has 0 aliphatic carbocycles. The lowest BCUT2D eigenvalue weighted by atomic mass is 10.0. The standard InChI is InChI=1S/C15H17ClN2OS/c1-9-7-10(2)13(17)8-12(9)15(19)18-6-5-11-3-4-14(16)20-11/h3-4,7-8H,5-6,17H2,1-2H3,(H,18,19). The molecule has 0 fully saturated rings. The molecule has 2 aromatic rings. The van der Waals surface area contributed by atoms with Crippen LogP contribution in [-0.2, 0) is 6.42 Å². The fourth-order valence-electron chi connectivity index (χ4n) is 1.99. The van der Waals surface area contributed by atoms with Crippen LogP contribution < -0.4 is 11.1 Å². The highest BCUT2D eigenvalue weighted by molar-refractivity contribution is 7.16. The van der Waals surface area contributed by atoms with E-state index in [0.29, 0.717) is 17.8 Å². The summed E-state index contributed by atoms with van der Waals surface area (Å²) >= 11 is 7.40. The van der Waals surface area contributed by atoms with Crippen LogP contribution in [-0.4, -0.2) is 12.5 Å². The third kappa shape index (κ3) is 3.52. The molecule has 0 bridgehead atoms. The third-order valence-electron chi connectivity index (χ3n) is 3.14. The zero-order valence-electron chi connectivity index (χ0n) is 11.5. The van der Waals surface area contributed by atoms with Crippen molar-refractivity contribution in [3.05, 3.63) is 50.2 Å². The molecule has 2 rings (SSSR count). The molecule has 0 aliphatic heterocycles. The highest BCUT2D eigenvalue weighted by atomic mass is 35.5. The van der Waals surface area contributed by atoms with Crippen molar-refractivity contribution in [2.24, 2.45) is 0 Å². The maximum atomic E-state index is 12.1. The molecule has 0 spiro atoms. The summed E-state index contributed by atoms with van der Waals surface area (Å²) in [6.07, 6.45) is 0.781. The van der Waals surface area contributed by atoms with Crippen LogP contribution in [0, 0.1) is 13.8 Å². The van der Waals surface area contributed by atoms with E-state index in [1.54, 1.807) is 6.07 Å². The Labute approximate surface area is 127 Å². The van der Waals surface area contributed by atoms with Gasteiger partial charge >= 0.3 is 0 Å². The van der Waals surface area contributed by atoms with Gasteiger partial charge in [0.05, 0.1) is 4.34 Å². The Morgan fingerprint density at radius 2 is 2.05 bits per heavy atom. The number of amides is 1. The number of hydrogen-bond donors (Lipinski definition) is 2. The Kier molecular flexibility index (Phi) is 4.68. The van der Waals surface area contributed by atoms with Gasteiger partial charge in [0, 0.05) is 22.7 Å². The van der Waals surface area contributed by atoms with Crippen LogP contribution in [0.15, 0.2) is 24.3 Å². The average Bonchev–Trinajstić information content (AvgIpc) is 2.79. The quantitative estimate of drug-likeness (QED) is 0.848. The smallest absolute Gasteiger partial charge is 0.251 e. The number of rotatable bonds is 4. The van der Waals surface area contributed by atoms with Crippen molar-refractivity contribution in [1.29, 1.82) is 0 Å². The Morgan fingerprint density at radius 3 is 2.70 bits per heavy atom. The molecule has 5 heteroatoms. The molecule has 0 radical (unpaired) electrons. The van der Waals surface area contributed by atoms with E-state index in [4.69, 9.17) is 17.3 Å². The number of hydrogen-bond acceptors (Lipinski definition) is 3. The molecule has 1 amide bonds. The van der Waals surface area contributed by atoms with Crippen molar-refractivity contribution in [2.45, 2.75) is 20.3 Å². The summed E-state index contributed by atoms with van der Waals surface area (Å²) < 4.78 is 0.772. The molecule has 1 aromatic carbocycles. The first-order valence-corrected chi connectivity index (χ1v) is 7.56. The highest BCUT2D eigenvalue weighted by Gasteiger charge is 2.10. The number of thiophene rings is 1. The van der Waals surface area contributed by atoms with Gasteiger partial charge in [-0.05, 0) is 49.6 Å². The molecule has 3 nitrogen and oxygen atoms in total. The van der Waals surface area contributed by atoms with Gasteiger partial charge in [-0.15, -0.1) is 11.3 Å². The summed E-state index contributed by atoms with van der Waals surface area (Å²) in [5.41, 5.74) is 9.07. The number of nitrogens with two attached hydrogens (primary N) is 1. The monoisotopic (exact) mass is 308 g/mol. The van der Waals surface area contributed by atoms with Gasteiger partial charge in [0.15, 0.2) is 0 Å². The fourth-order valence-corrected chi connectivity index (χ4v) is 3.08. The number of halogens is 1. The normalized spacial score (nSPS) is 10.6. The Hall–Kier alpha value is -1.52. The van der Waals surface area contributed by atoms with Crippen LogP contribution in [0.2, 0.25) is 4.34 Å². The minimum absolute atomic E-state index is 0.0862. The average molecular weight is 309 g/mol. The first-order valence-electron chi connectivity index (χ1n) is 6.36. The van der Waals surface area contributed by atoms with Gasteiger partial charge in [-0.3, -0.25) is 4.79 Å². The largest absolute Gasteiger partial charge is 0.398 e. The second kappa shape index (κ2) is 6.29. The van der Waals surface area contributed by atoms with E-state index in [1.807, 2.05) is 32.0 Å². The molecular formula is C15H17ClN2OS. The summed E-state index contributed by atoms with van der Waals surface area (Å²) in [5.74, 6) is -0.0862. The SMILES string of the molecule is Cc1cc(C)c(C(=O)NCCc2ccc(Cl)s2)cc1N. The van der Waals surface area contributed by atoms with Gasteiger partial charge in [-0.2, -0.15) is 0 Å². The van der Waals surface area contributed by atoms with E-state index in [2.05, 4.69) is 5.32 Å². The minimum Gasteiger partial charge on any atom is -0.398 e. The van der Waals surface area contributed by atoms with Crippen molar-refractivity contribution in [2.75, 3.05) is 12.3 Å². The van der Waals surface area contributed by atoms with Crippen molar-refractivity contribution in [3.63, 3.8) is 0 Å². The zero-order valence-corrected chi connectivity index (χ0v) is 13.1. The van der Waals surface area contributed by atoms with E-state index in [-0.39, 0.29) is 5.91 Å². The van der Waals surface area contributed by atoms with Crippen molar-refractivity contribution in [1.82, 2.24) is 5.32 Å². The lowest BCUT2D eigenvalue weighted by Gasteiger charge is -2.10. The van der Waals surface area contributed by atoms with E-state index in [9.17, 15) is 4.79 Å². The fraction of sp³-hybridized carbons (Fsp3) is 0.267. The van der Waals surface area contributed by atoms with E-state index >= 15 is 0 Å². The van der Waals surface area contributed by atoms with Gasteiger partial charge in [0.1, 0.15) is 0 Å². The van der Waals surface area contributed by atoms with Gasteiger partial charge in [-0.1, -0.05) is 17.7 Å². The lowest BCUT2D eigenvalue weighted by Crippen LogP contribution is -2.26. The molecule has 0 atom stereocenters. The van der Waals surface area contributed by atoms with Crippen LogP contribution >= 0.6 is 22.9 Å². The first kappa shape index (κ1) is 14.9. The Balaban J connectivity index is 1.97. The summed E-state index contributed by atoms with van der Waals surface area (Å²) in [5, 5.41) is 2.91. The number of anilines is 1. The van der Waals surface area contributed by atoms with Gasteiger partial charge in [0.2, 0.25) is 0 Å². The highest BCUT2D eigenvalue weighted by Crippen LogP contribution is 2.21. The molecule has 0 aliphatic rings. The first-order chi connectivity index (χ1) is 9.47. The van der Waals surface area contributed by atoms with Crippen LogP contribution in [0.3, 0.4) is 0 Å². The molecule has 0 saturated carbocycles. The van der Waals surface area contributed by atoms with Crippen molar-refractivity contribution in [3.8, 4) is 0 Å². The molecule has 1 heterocycles. The summed E-state index contributed by atoms with van der Waals surface area (Å²) in [6, 6.07) is 7.52. The summed E-state index contributed by atoms with van der Waals surface area (Å²) in [6.45, 7) is 4.44. The summed E-state index contributed by atoms with van der Waals surface area (Å²) in [7, 11) is 0. The number of carbonyl (C=O) groups excluding carboxylic acids is 1. The van der Waals surface area contributed by atoms with Crippen LogP contribution in [0.1, 0.15) is 26.4 Å². The predicted molar refractivity (Wildman–Crippen MR) is 85.7 cm³/mol.